The van der Waals surface area contributed by atoms with Crippen LogP contribution in [-0.4, -0.2) is 19.0 Å². The Bertz CT molecular complexity index is 528. The molecule has 4 heteroatoms. The molecule has 1 aliphatic rings. The van der Waals surface area contributed by atoms with Gasteiger partial charge in [-0.25, -0.2) is 0 Å². The molecule has 0 heterocycles. The van der Waals surface area contributed by atoms with Crippen LogP contribution < -0.4 is 10.6 Å². The summed E-state index contributed by atoms with van der Waals surface area (Å²) in [6, 6.07) is 5.79. The molecule has 2 atom stereocenters. The maximum absolute atomic E-state index is 11.7. The highest BCUT2D eigenvalue weighted by Crippen LogP contribution is 2.40. The zero-order chi connectivity index (χ0) is 15.6. The molecular weight excluding hydrogens is 284 g/mol. The van der Waals surface area contributed by atoms with Gasteiger partial charge >= 0.3 is 0 Å². The third-order valence-corrected chi connectivity index (χ3v) is 4.82. The molecule has 1 aromatic rings. The molecule has 21 heavy (non-hydrogen) atoms. The summed E-state index contributed by atoms with van der Waals surface area (Å²) in [5.41, 5.74) is 1.91. The van der Waals surface area contributed by atoms with Crippen molar-refractivity contribution in [1.82, 2.24) is 5.32 Å². The van der Waals surface area contributed by atoms with Gasteiger partial charge in [0.15, 0.2) is 0 Å². The molecule has 0 spiro atoms. The third-order valence-electron chi connectivity index (χ3n) is 4.49. The monoisotopic (exact) mass is 308 g/mol. The van der Waals surface area contributed by atoms with E-state index >= 15 is 0 Å². The molecule has 0 bridgehead atoms. The average molecular weight is 309 g/mol. The molecule has 0 aliphatic heterocycles. The first-order chi connectivity index (χ1) is 9.82. The lowest BCUT2D eigenvalue weighted by Crippen LogP contribution is -2.37. The largest absolute Gasteiger partial charge is 0.381 e. The van der Waals surface area contributed by atoms with Gasteiger partial charge in [-0.05, 0) is 48.8 Å². The smallest absolute Gasteiger partial charge is 0.251 e. The van der Waals surface area contributed by atoms with Crippen molar-refractivity contribution in [3.63, 3.8) is 0 Å². The quantitative estimate of drug-likeness (QED) is 0.873. The Hall–Kier alpha value is -1.22. The number of amides is 1. The van der Waals surface area contributed by atoms with Gasteiger partial charge < -0.3 is 10.6 Å². The van der Waals surface area contributed by atoms with Gasteiger partial charge in [0.2, 0.25) is 0 Å². The highest BCUT2D eigenvalue weighted by atomic mass is 35.5. The Labute approximate surface area is 132 Å². The Balaban J connectivity index is 2.14. The lowest BCUT2D eigenvalue weighted by molar-refractivity contribution is 0.0963. The second kappa shape index (κ2) is 6.27. The van der Waals surface area contributed by atoms with E-state index in [4.69, 9.17) is 11.6 Å². The fourth-order valence-corrected chi connectivity index (χ4v) is 3.45. The zero-order valence-electron chi connectivity index (χ0n) is 13.3. The molecule has 2 rings (SSSR count). The number of halogens is 1. The highest BCUT2D eigenvalue weighted by Gasteiger charge is 2.32. The van der Waals surface area contributed by atoms with Crippen molar-refractivity contribution in [2.24, 2.45) is 11.3 Å². The van der Waals surface area contributed by atoms with Gasteiger partial charge in [-0.15, -0.1) is 0 Å². The number of benzene rings is 1. The van der Waals surface area contributed by atoms with Gasteiger partial charge in [-0.1, -0.05) is 32.4 Å². The summed E-state index contributed by atoms with van der Waals surface area (Å²) < 4.78 is 0. The van der Waals surface area contributed by atoms with Crippen molar-refractivity contribution in [2.75, 3.05) is 12.4 Å². The molecule has 116 valence electrons. The van der Waals surface area contributed by atoms with Gasteiger partial charge in [-0.2, -0.15) is 0 Å². The minimum absolute atomic E-state index is 0.0902. The van der Waals surface area contributed by atoms with Crippen LogP contribution in [0.25, 0.3) is 0 Å². The Morgan fingerprint density at radius 1 is 1.38 bits per heavy atom. The summed E-state index contributed by atoms with van der Waals surface area (Å²) in [7, 11) is 1.63. The second-order valence-electron chi connectivity index (χ2n) is 6.91. The van der Waals surface area contributed by atoms with Crippen LogP contribution in [0.5, 0.6) is 0 Å². The first-order valence-corrected chi connectivity index (χ1v) is 7.98. The maximum Gasteiger partial charge on any atom is 0.251 e. The van der Waals surface area contributed by atoms with E-state index in [2.05, 4.69) is 31.4 Å². The van der Waals surface area contributed by atoms with Gasteiger partial charge in [0.25, 0.3) is 5.91 Å². The number of nitrogens with one attached hydrogen (secondary N) is 2. The molecule has 1 aliphatic carbocycles. The van der Waals surface area contributed by atoms with Gasteiger partial charge in [0, 0.05) is 18.7 Å². The van der Waals surface area contributed by atoms with Gasteiger partial charge in [-0.3, -0.25) is 4.79 Å². The lowest BCUT2D eigenvalue weighted by Gasteiger charge is -2.40. The van der Waals surface area contributed by atoms with Crippen molar-refractivity contribution in [3.05, 3.63) is 28.8 Å². The summed E-state index contributed by atoms with van der Waals surface area (Å²) >= 11 is 6.27. The molecule has 3 nitrogen and oxygen atoms in total. The van der Waals surface area contributed by atoms with E-state index in [1.807, 2.05) is 6.07 Å². The Morgan fingerprint density at radius 2 is 2.10 bits per heavy atom. The van der Waals surface area contributed by atoms with Crippen molar-refractivity contribution < 1.29 is 4.79 Å². The lowest BCUT2D eigenvalue weighted by atomic mass is 9.70. The first-order valence-electron chi connectivity index (χ1n) is 7.60. The number of anilines is 1. The standard InChI is InChI=1S/C17H25ClN2O/c1-11-10-17(2,3)8-7-14(11)20-15-9-12(16(21)19-4)5-6-13(15)18/h5-6,9,11,14,20H,7-8,10H2,1-4H3,(H,19,21). The molecule has 1 amide bonds. The summed E-state index contributed by atoms with van der Waals surface area (Å²) in [6.45, 7) is 6.95. The molecule has 1 saturated carbocycles. The van der Waals surface area contributed by atoms with Crippen LogP contribution in [0.15, 0.2) is 18.2 Å². The van der Waals surface area contributed by atoms with E-state index in [1.54, 1.807) is 19.2 Å². The zero-order valence-corrected chi connectivity index (χ0v) is 14.1. The van der Waals surface area contributed by atoms with Crippen LogP contribution in [0.1, 0.15) is 50.4 Å². The van der Waals surface area contributed by atoms with Crippen LogP contribution in [0.3, 0.4) is 0 Å². The Morgan fingerprint density at radius 3 is 2.71 bits per heavy atom. The number of hydrogen-bond donors (Lipinski definition) is 2. The molecule has 0 saturated heterocycles. The van der Waals surface area contributed by atoms with Crippen LogP contribution in [-0.2, 0) is 0 Å². The van der Waals surface area contributed by atoms with Crippen LogP contribution in [0.2, 0.25) is 5.02 Å². The average Bonchev–Trinajstić information content (AvgIpc) is 2.42. The number of hydrogen-bond acceptors (Lipinski definition) is 2. The fraction of sp³-hybridized carbons (Fsp3) is 0.588. The number of rotatable bonds is 3. The first kappa shape index (κ1) is 16.2. The molecular formula is C17H25ClN2O. The van der Waals surface area contributed by atoms with E-state index in [0.717, 1.165) is 12.1 Å². The predicted molar refractivity (Wildman–Crippen MR) is 89.0 cm³/mol. The second-order valence-corrected chi connectivity index (χ2v) is 7.32. The Kier molecular flexibility index (Phi) is 4.82. The van der Waals surface area contributed by atoms with Crippen LogP contribution in [0, 0.1) is 11.3 Å². The van der Waals surface area contributed by atoms with Gasteiger partial charge in [0.05, 0.1) is 10.7 Å². The van der Waals surface area contributed by atoms with Crippen molar-refractivity contribution in [2.45, 2.75) is 46.1 Å². The van der Waals surface area contributed by atoms with Crippen LogP contribution >= 0.6 is 11.6 Å². The van der Waals surface area contributed by atoms with E-state index < -0.39 is 0 Å². The highest BCUT2D eigenvalue weighted by molar-refractivity contribution is 6.33. The molecule has 1 fully saturated rings. The summed E-state index contributed by atoms with van der Waals surface area (Å²) in [6.07, 6.45) is 3.55. The topological polar surface area (TPSA) is 41.1 Å². The molecule has 0 aromatic heterocycles. The minimum Gasteiger partial charge on any atom is -0.381 e. The molecule has 2 N–H and O–H groups in total. The normalized spacial score (nSPS) is 24.4. The minimum atomic E-state index is -0.0902. The number of carbonyl (C=O) groups excluding carboxylic acids is 1. The van der Waals surface area contributed by atoms with E-state index in [9.17, 15) is 4.79 Å². The summed E-state index contributed by atoms with van der Waals surface area (Å²) in [5.74, 6) is 0.501. The van der Waals surface area contributed by atoms with Crippen LogP contribution in [0.4, 0.5) is 5.69 Å². The van der Waals surface area contributed by atoms with E-state index in [0.29, 0.717) is 28.0 Å². The third kappa shape index (κ3) is 3.91. The van der Waals surface area contributed by atoms with E-state index in [-0.39, 0.29) is 5.91 Å². The van der Waals surface area contributed by atoms with E-state index in [1.165, 1.54) is 12.8 Å². The molecule has 0 radical (unpaired) electrons. The van der Waals surface area contributed by atoms with Crippen molar-refractivity contribution >= 4 is 23.2 Å². The van der Waals surface area contributed by atoms with Crippen molar-refractivity contribution in [1.29, 1.82) is 0 Å². The van der Waals surface area contributed by atoms with Gasteiger partial charge in [0.1, 0.15) is 0 Å². The molecule has 1 aromatic carbocycles. The fourth-order valence-electron chi connectivity index (χ4n) is 3.28. The summed E-state index contributed by atoms with van der Waals surface area (Å²) in [4.78, 5) is 11.7. The number of carbonyl (C=O) groups is 1. The SMILES string of the molecule is CNC(=O)c1ccc(Cl)c(NC2CCC(C)(C)CC2C)c1. The maximum atomic E-state index is 11.7. The molecule has 2 unspecified atom stereocenters. The van der Waals surface area contributed by atoms with Crippen molar-refractivity contribution in [3.8, 4) is 0 Å². The predicted octanol–water partition coefficient (Wildman–Crippen LogP) is 4.33. The summed E-state index contributed by atoms with van der Waals surface area (Å²) in [5, 5.41) is 6.85.